The van der Waals surface area contributed by atoms with Crippen molar-refractivity contribution in [2.45, 2.75) is 0 Å². The minimum Gasteiger partial charge on any atom is -0.495 e. The van der Waals surface area contributed by atoms with Crippen molar-refractivity contribution in [2.24, 2.45) is 0 Å². The van der Waals surface area contributed by atoms with E-state index in [0.29, 0.717) is 22.6 Å². The molecule has 2 aromatic heterocycles. The molecule has 8 nitrogen and oxygen atoms in total. The molecular formula is C29H20N4O4. The van der Waals surface area contributed by atoms with E-state index in [0.717, 1.165) is 11.1 Å². The zero-order chi connectivity index (χ0) is 25.8. The van der Waals surface area contributed by atoms with Gasteiger partial charge >= 0.3 is 5.63 Å². The van der Waals surface area contributed by atoms with Crippen LogP contribution in [0.2, 0.25) is 0 Å². The molecule has 0 aliphatic carbocycles. The number of fused-ring (bicyclic) bond motifs is 1. The molecule has 2 heterocycles. The lowest BCUT2D eigenvalue weighted by molar-refractivity contribution is -0.112. The Bertz CT molecular complexity index is 1740. The molecule has 0 saturated carbocycles. The maximum Gasteiger partial charge on any atom is 0.345 e. The maximum atomic E-state index is 13.0. The molecule has 0 bridgehead atoms. The van der Waals surface area contributed by atoms with Gasteiger partial charge in [0, 0.05) is 17.1 Å². The number of nitriles is 1. The first-order chi connectivity index (χ1) is 18.1. The molecule has 0 unspecified atom stereocenters. The van der Waals surface area contributed by atoms with Gasteiger partial charge in [-0.25, -0.2) is 9.48 Å². The average Bonchev–Trinajstić information content (AvgIpc) is 3.35. The van der Waals surface area contributed by atoms with Crippen LogP contribution in [0.1, 0.15) is 5.56 Å². The molecule has 1 amide bonds. The van der Waals surface area contributed by atoms with Gasteiger partial charge in [-0.3, -0.25) is 4.79 Å². The second-order valence-corrected chi connectivity index (χ2v) is 8.02. The van der Waals surface area contributed by atoms with E-state index < -0.39 is 11.5 Å². The summed E-state index contributed by atoms with van der Waals surface area (Å²) in [5.74, 6) is -0.171. The summed E-state index contributed by atoms with van der Waals surface area (Å²) >= 11 is 0. The summed E-state index contributed by atoms with van der Waals surface area (Å²) < 4.78 is 12.4. The van der Waals surface area contributed by atoms with Crippen LogP contribution in [0.15, 0.2) is 106 Å². The summed E-state index contributed by atoms with van der Waals surface area (Å²) in [5, 5.41) is 17.9. The highest BCUT2D eigenvalue weighted by Crippen LogP contribution is 2.27. The van der Waals surface area contributed by atoms with E-state index >= 15 is 0 Å². The van der Waals surface area contributed by atoms with E-state index in [1.165, 1.54) is 13.2 Å². The minimum atomic E-state index is -0.629. The van der Waals surface area contributed by atoms with Gasteiger partial charge in [0.2, 0.25) is 0 Å². The van der Waals surface area contributed by atoms with Crippen molar-refractivity contribution in [1.82, 2.24) is 9.78 Å². The van der Waals surface area contributed by atoms with Crippen molar-refractivity contribution >= 4 is 28.6 Å². The Kier molecular flexibility index (Phi) is 6.34. The maximum absolute atomic E-state index is 13.0. The summed E-state index contributed by atoms with van der Waals surface area (Å²) in [5.41, 5.74) is 1.75. The molecule has 0 saturated heterocycles. The van der Waals surface area contributed by atoms with Crippen LogP contribution >= 0.6 is 0 Å². The van der Waals surface area contributed by atoms with E-state index in [-0.39, 0.29) is 16.8 Å². The number of carbonyl (C=O) groups is 1. The molecule has 5 aromatic rings. The number of aromatic nitrogens is 2. The molecule has 0 spiro atoms. The first-order valence-corrected chi connectivity index (χ1v) is 11.3. The highest BCUT2D eigenvalue weighted by molar-refractivity contribution is 6.10. The van der Waals surface area contributed by atoms with E-state index in [9.17, 15) is 14.9 Å². The zero-order valence-electron chi connectivity index (χ0n) is 19.7. The molecule has 0 aliphatic heterocycles. The molecule has 180 valence electrons. The van der Waals surface area contributed by atoms with E-state index in [1.54, 1.807) is 53.3 Å². The van der Waals surface area contributed by atoms with Crippen LogP contribution in [0.4, 0.5) is 5.69 Å². The summed E-state index contributed by atoms with van der Waals surface area (Å²) in [4.78, 5) is 26.0. The van der Waals surface area contributed by atoms with Crippen molar-refractivity contribution in [1.29, 1.82) is 5.26 Å². The highest BCUT2D eigenvalue weighted by Gasteiger charge is 2.19. The van der Waals surface area contributed by atoms with Gasteiger partial charge in [0.1, 0.15) is 28.7 Å². The smallest absolute Gasteiger partial charge is 0.345 e. The molecule has 3 aromatic carbocycles. The Morgan fingerprint density at radius 1 is 1.05 bits per heavy atom. The number of methoxy groups -OCH3 is 1. The van der Waals surface area contributed by atoms with E-state index in [4.69, 9.17) is 9.15 Å². The highest BCUT2D eigenvalue weighted by atomic mass is 16.5. The van der Waals surface area contributed by atoms with E-state index in [1.807, 2.05) is 48.5 Å². The molecule has 8 heteroatoms. The lowest BCUT2D eigenvalue weighted by Crippen LogP contribution is -2.14. The lowest BCUT2D eigenvalue weighted by Gasteiger charge is -2.09. The molecule has 0 radical (unpaired) electrons. The molecule has 1 N–H and O–H groups in total. The number of hydrogen-bond acceptors (Lipinski definition) is 6. The molecule has 0 fully saturated rings. The number of rotatable bonds is 6. The Morgan fingerprint density at radius 3 is 2.57 bits per heavy atom. The average molecular weight is 489 g/mol. The van der Waals surface area contributed by atoms with Crippen LogP contribution in [-0.2, 0) is 4.79 Å². The molecule has 37 heavy (non-hydrogen) atoms. The van der Waals surface area contributed by atoms with Crippen molar-refractivity contribution in [2.75, 3.05) is 12.4 Å². The normalized spacial score (nSPS) is 11.2. The number of benzene rings is 3. The minimum absolute atomic E-state index is 0.176. The number of nitrogens with one attached hydrogen (secondary N) is 1. The van der Waals surface area contributed by atoms with Crippen LogP contribution in [0.3, 0.4) is 0 Å². The topological polar surface area (TPSA) is 110 Å². The first-order valence-electron chi connectivity index (χ1n) is 11.3. The largest absolute Gasteiger partial charge is 0.495 e. The van der Waals surface area contributed by atoms with Crippen molar-refractivity contribution < 1.29 is 13.9 Å². The predicted molar refractivity (Wildman–Crippen MR) is 140 cm³/mol. The molecule has 0 aliphatic rings. The Labute approximate surface area is 211 Å². The fourth-order valence-electron chi connectivity index (χ4n) is 3.88. The van der Waals surface area contributed by atoms with Gasteiger partial charge in [0.25, 0.3) is 5.91 Å². The number of nitrogens with zero attached hydrogens (tertiary/aromatic N) is 3. The number of anilines is 1. The molecular weight excluding hydrogens is 468 g/mol. The van der Waals surface area contributed by atoms with Gasteiger partial charge in [0.15, 0.2) is 0 Å². The van der Waals surface area contributed by atoms with Crippen molar-refractivity contribution in [3.05, 3.63) is 113 Å². The fourth-order valence-corrected chi connectivity index (χ4v) is 3.88. The van der Waals surface area contributed by atoms with Gasteiger partial charge in [-0.15, -0.1) is 0 Å². The van der Waals surface area contributed by atoms with Crippen molar-refractivity contribution in [3.8, 4) is 28.8 Å². The van der Waals surface area contributed by atoms with Crippen LogP contribution in [0.5, 0.6) is 5.75 Å². The standard InChI is InChI=1S/C29H20N4O4/c1-36-26-14-8-6-12-24(26)31-28(34)20(17-30)15-21-18-33(22-10-3-2-4-11-22)32-27(21)23-16-19-9-5-7-13-25(19)37-29(23)35/h2-16,18H,1H3,(H,31,34)/b20-15-. The number of para-hydroxylation sites is 4. The summed E-state index contributed by atoms with van der Waals surface area (Å²) in [6.07, 6.45) is 3.06. The second-order valence-electron chi connectivity index (χ2n) is 8.02. The summed E-state index contributed by atoms with van der Waals surface area (Å²) in [7, 11) is 1.49. The van der Waals surface area contributed by atoms with E-state index in [2.05, 4.69) is 10.4 Å². The van der Waals surface area contributed by atoms with Gasteiger partial charge in [-0.1, -0.05) is 48.5 Å². The second kappa shape index (κ2) is 10.1. The summed E-state index contributed by atoms with van der Waals surface area (Å²) in [6, 6.07) is 27.0. The Hall–Kier alpha value is -5.42. The number of hydrogen-bond donors (Lipinski definition) is 1. The first kappa shape index (κ1) is 23.3. The number of carbonyl (C=O) groups excluding carboxylic acids is 1. The monoisotopic (exact) mass is 488 g/mol. The van der Waals surface area contributed by atoms with Crippen LogP contribution < -0.4 is 15.7 Å². The third kappa shape index (κ3) is 4.74. The van der Waals surface area contributed by atoms with Crippen molar-refractivity contribution in [3.63, 3.8) is 0 Å². The van der Waals surface area contributed by atoms with Crippen LogP contribution in [0, 0.1) is 11.3 Å². The lowest BCUT2D eigenvalue weighted by atomic mass is 10.1. The predicted octanol–water partition coefficient (Wildman–Crippen LogP) is 5.20. The van der Waals surface area contributed by atoms with Gasteiger partial charge < -0.3 is 14.5 Å². The fraction of sp³-hybridized carbons (Fsp3) is 0.0345. The van der Waals surface area contributed by atoms with Crippen LogP contribution in [-0.4, -0.2) is 22.8 Å². The quantitative estimate of drug-likeness (QED) is 0.200. The third-order valence-corrected chi connectivity index (χ3v) is 5.68. The Balaban J connectivity index is 1.63. The molecule has 0 atom stereocenters. The third-order valence-electron chi connectivity index (χ3n) is 5.68. The zero-order valence-corrected chi connectivity index (χ0v) is 19.7. The van der Waals surface area contributed by atoms with Crippen LogP contribution in [0.25, 0.3) is 34.0 Å². The Morgan fingerprint density at radius 2 is 1.78 bits per heavy atom. The molecule has 5 rings (SSSR count). The van der Waals surface area contributed by atoms with Gasteiger partial charge in [-0.05, 0) is 42.5 Å². The SMILES string of the molecule is COc1ccccc1NC(=O)/C(C#N)=C\c1cn(-c2ccccc2)nc1-c1cc2ccccc2oc1=O. The number of ether oxygens (including phenoxy) is 1. The van der Waals surface area contributed by atoms with Gasteiger partial charge in [0.05, 0.1) is 24.0 Å². The van der Waals surface area contributed by atoms with Gasteiger partial charge in [-0.2, -0.15) is 10.4 Å². The summed E-state index contributed by atoms with van der Waals surface area (Å²) in [6.45, 7) is 0. The number of amides is 1.